The molecular formula is C7H10F6N. The van der Waals surface area contributed by atoms with Crippen LogP contribution in [0, 0.1) is 6.43 Å². The van der Waals surface area contributed by atoms with E-state index in [0.29, 0.717) is 0 Å². The van der Waals surface area contributed by atoms with Gasteiger partial charge in [-0.2, -0.15) is 22.0 Å². The Bertz CT molecular complexity index is 176. The number of halogens is 6. The van der Waals surface area contributed by atoms with E-state index >= 15 is 0 Å². The average Bonchev–Trinajstić information content (AvgIpc) is 2.03. The van der Waals surface area contributed by atoms with Gasteiger partial charge in [-0.25, -0.2) is 4.39 Å². The van der Waals surface area contributed by atoms with E-state index in [4.69, 9.17) is 0 Å². The van der Waals surface area contributed by atoms with Crippen molar-refractivity contribution in [1.29, 1.82) is 0 Å². The predicted molar refractivity (Wildman–Crippen MR) is 38.3 cm³/mol. The first-order chi connectivity index (χ1) is 6.21. The Hall–Kier alpha value is -0.460. The molecule has 0 amide bonds. The molecule has 85 valence electrons. The first-order valence-electron chi connectivity index (χ1n) is 3.90. The number of hydrogen-bond acceptors (Lipinski definition) is 1. The summed E-state index contributed by atoms with van der Waals surface area (Å²) in [4.78, 5) is 0.0162. The molecule has 7 heteroatoms. The Kier molecular flexibility index (Phi) is 4.23. The third kappa shape index (κ3) is 2.13. The fraction of sp³-hybridized carbons (Fsp3) is 0.857. The van der Waals surface area contributed by atoms with Crippen LogP contribution in [-0.2, 0) is 0 Å². The summed E-state index contributed by atoms with van der Waals surface area (Å²) in [5, 5.41) is 0. The van der Waals surface area contributed by atoms with Crippen LogP contribution in [0.15, 0.2) is 0 Å². The second kappa shape index (κ2) is 4.37. The van der Waals surface area contributed by atoms with Crippen LogP contribution in [0.4, 0.5) is 26.3 Å². The van der Waals surface area contributed by atoms with Crippen LogP contribution in [0.1, 0.15) is 13.8 Å². The van der Waals surface area contributed by atoms with E-state index in [1.807, 2.05) is 0 Å². The van der Waals surface area contributed by atoms with Crippen molar-refractivity contribution in [3.63, 3.8) is 0 Å². The molecule has 0 spiro atoms. The molecule has 0 aliphatic rings. The van der Waals surface area contributed by atoms with Gasteiger partial charge in [-0.15, -0.1) is 0 Å². The highest BCUT2D eigenvalue weighted by molar-refractivity contribution is 4.98. The van der Waals surface area contributed by atoms with E-state index in [9.17, 15) is 26.3 Å². The Morgan fingerprint density at radius 1 is 1.00 bits per heavy atom. The van der Waals surface area contributed by atoms with Gasteiger partial charge in [-0.1, -0.05) is 13.8 Å². The zero-order valence-electron chi connectivity index (χ0n) is 7.63. The highest BCUT2D eigenvalue weighted by atomic mass is 19.4. The normalized spacial score (nSPS) is 17.6. The van der Waals surface area contributed by atoms with Gasteiger partial charge in [-0.3, -0.25) is 4.90 Å². The topological polar surface area (TPSA) is 3.24 Å². The maximum Gasteiger partial charge on any atom is 0.443 e. The van der Waals surface area contributed by atoms with E-state index in [0.717, 1.165) is 0 Å². The van der Waals surface area contributed by atoms with Crippen LogP contribution < -0.4 is 0 Å². The highest BCUT2D eigenvalue weighted by Crippen LogP contribution is 2.44. The summed E-state index contributed by atoms with van der Waals surface area (Å²) in [5.74, 6) is -4.63. The van der Waals surface area contributed by atoms with E-state index in [2.05, 4.69) is 0 Å². The lowest BCUT2D eigenvalue weighted by Crippen LogP contribution is -2.57. The smallest absolute Gasteiger partial charge is 0.259 e. The molecule has 0 aliphatic carbocycles. The predicted octanol–water partition coefficient (Wildman–Crippen LogP) is 2.98. The molecule has 1 radical (unpaired) electrons. The van der Waals surface area contributed by atoms with Crippen LogP contribution in [0.2, 0.25) is 0 Å². The summed E-state index contributed by atoms with van der Waals surface area (Å²) in [6.45, 7) is 1.44. The summed E-state index contributed by atoms with van der Waals surface area (Å²) in [6.07, 6.45) is -8.91. The first-order valence-corrected chi connectivity index (χ1v) is 3.90. The van der Waals surface area contributed by atoms with Crippen molar-refractivity contribution < 1.29 is 26.3 Å². The van der Waals surface area contributed by atoms with Crippen molar-refractivity contribution in [2.24, 2.45) is 0 Å². The number of hydrogen-bond donors (Lipinski definition) is 0. The monoisotopic (exact) mass is 222 g/mol. The van der Waals surface area contributed by atoms with Gasteiger partial charge in [0.05, 0.1) is 0 Å². The van der Waals surface area contributed by atoms with Gasteiger partial charge in [0.25, 0.3) is 0 Å². The third-order valence-corrected chi connectivity index (χ3v) is 1.83. The van der Waals surface area contributed by atoms with Crippen LogP contribution in [0.25, 0.3) is 0 Å². The molecule has 14 heavy (non-hydrogen) atoms. The Morgan fingerprint density at radius 2 is 1.36 bits per heavy atom. The third-order valence-electron chi connectivity index (χ3n) is 1.83. The fourth-order valence-electron chi connectivity index (χ4n) is 1.07. The van der Waals surface area contributed by atoms with Gasteiger partial charge in [0.15, 0.2) is 0 Å². The maximum atomic E-state index is 13.1. The molecular weight excluding hydrogens is 212 g/mol. The van der Waals surface area contributed by atoms with Crippen LogP contribution in [0.3, 0.4) is 0 Å². The lowest BCUT2D eigenvalue weighted by molar-refractivity contribution is -0.294. The van der Waals surface area contributed by atoms with Crippen LogP contribution in [0.5, 0.6) is 0 Å². The van der Waals surface area contributed by atoms with Gasteiger partial charge in [0.2, 0.25) is 0 Å². The largest absolute Gasteiger partial charge is 0.443 e. The molecule has 0 heterocycles. The minimum Gasteiger partial charge on any atom is -0.259 e. The SMILES string of the molecule is CCN(CC)C(F)([C](F)F)C(F)(F)F. The van der Waals surface area contributed by atoms with E-state index in [1.54, 1.807) is 0 Å². The molecule has 1 unspecified atom stereocenters. The molecule has 0 aliphatic heterocycles. The molecule has 0 N–H and O–H groups in total. The summed E-state index contributed by atoms with van der Waals surface area (Å²) < 4.78 is 73.3. The second-order valence-corrected chi connectivity index (χ2v) is 2.55. The van der Waals surface area contributed by atoms with Crippen molar-refractivity contribution in [2.45, 2.75) is 25.8 Å². The van der Waals surface area contributed by atoms with Crippen molar-refractivity contribution in [1.82, 2.24) is 4.90 Å². The minimum absolute atomic E-state index is 0.0162. The molecule has 0 aromatic carbocycles. The van der Waals surface area contributed by atoms with Crippen LogP contribution in [-0.4, -0.2) is 30.0 Å². The minimum atomic E-state index is -5.63. The molecule has 0 saturated carbocycles. The van der Waals surface area contributed by atoms with Gasteiger partial charge in [-0.05, 0) is 13.1 Å². The van der Waals surface area contributed by atoms with Gasteiger partial charge in [0.1, 0.15) is 0 Å². The van der Waals surface area contributed by atoms with E-state index in [1.165, 1.54) is 13.8 Å². The van der Waals surface area contributed by atoms with Gasteiger partial charge in [0, 0.05) is 0 Å². The molecule has 1 atom stereocenters. The molecule has 0 rings (SSSR count). The number of rotatable bonds is 4. The lowest BCUT2D eigenvalue weighted by Gasteiger charge is -2.35. The number of nitrogens with zero attached hydrogens (tertiary/aromatic N) is 1. The zero-order chi connectivity index (χ0) is 11.6. The van der Waals surface area contributed by atoms with Crippen LogP contribution >= 0.6 is 0 Å². The number of alkyl halides is 4. The Morgan fingerprint density at radius 3 is 1.43 bits per heavy atom. The van der Waals surface area contributed by atoms with Crippen molar-refractivity contribution in [3.8, 4) is 0 Å². The Labute approximate surface area is 77.7 Å². The molecule has 0 aromatic rings. The van der Waals surface area contributed by atoms with Crippen molar-refractivity contribution >= 4 is 0 Å². The molecule has 0 saturated heterocycles. The van der Waals surface area contributed by atoms with Gasteiger partial charge < -0.3 is 0 Å². The summed E-state index contributed by atoms with van der Waals surface area (Å²) in [6, 6.07) is 0. The summed E-state index contributed by atoms with van der Waals surface area (Å²) in [5.41, 5.74) is 0. The van der Waals surface area contributed by atoms with Crippen molar-refractivity contribution in [3.05, 3.63) is 6.43 Å². The highest BCUT2D eigenvalue weighted by Gasteiger charge is 2.67. The first kappa shape index (κ1) is 13.5. The molecule has 1 nitrogen and oxygen atoms in total. The van der Waals surface area contributed by atoms with E-state index < -0.39 is 31.5 Å². The zero-order valence-corrected chi connectivity index (χ0v) is 7.63. The standard InChI is InChI=1S/C7H10F6N/c1-3-14(4-2)6(10,5(8)9)7(11,12)13/h3-4H2,1-2H3. The average molecular weight is 222 g/mol. The molecule has 0 aromatic heterocycles. The Balaban J connectivity index is 5.08. The quantitative estimate of drug-likeness (QED) is 0.522. The van der Waals surface area contributed by atoms with Gasteiger partial charge >= 0.3 is 18.4 Å². The van der Waals surface area contributed by atoms with Crippen molar-refractivity contribution in [2.75, 3.05) is 13.1 Å². The summed E-state index contributed by atoms with van der Waals surface area (Å²) >= 11 is 0. The maximum absolute atomic E-state index is 13.1. The lowest BCUT2D eigenvalue weighted by atomic mass is 10.2. The summed E-state index contributed by atoms with van der Waals surface area (Å²) in [7, 11) is 0. The molecule has 0 fully saturated rings. The fourth-order valence-corrected chi connectivity index (χ4v) is 1.07. The second-order valence-electron chi connectivity index (χ2n) is 2.55. The van der Waals surface area contributed by atoms with E-state index in [-0.39, 0.29) is 4.90 Å². The molecule has 0 bridgehead atoms.